The van der Waals surface area contributed by atoms with Crippen LogP contribution in [0.2, 0.25) is 0 Å². The monoisotopic (exact) mass is 366 g/mol. The Bertz CT molecular complexity index is 910. The lowest BCUT2D eigenvalue weighted by Gasteiger charge is -2.28. The number of carbonyl (C=O) groups excluding carboxylic acids is 1. The quantitative estimate of drug-likeness (QED) is 0.735. The van der Waals surface area contributed by atoms with E-state index in [-0.39, 0.29) is 24.6 Å². The number of carbonyl (C=O) groups is 1. The first-order chi connectivity index (χ1) is 12.6. The molecule has 1 aliphatic rings. The third kappa shape index (κ3) is 3.58. The molecule has 4 rings (SSSR count). The number of fused-ring (bicyclic) bond motifs is 1. The van der Waals surface area contributed by atoms with Gasteiger partial charge in [0.15, 0.2) is 0 Å². The molecule has 2 aromatic carbocycles. The number of benzene rings is 2. The normalized spacial score (nSPS) is 20.6. The summed E-state index contributed by atoms with van der Waals surface area (Å²) >= 11 is 1.83. The first-order valence-corrected chi connectivity index (χ1v) is 9.79. The topological polar surface area (TPSA) is 46.5 Å². The number of ketones is 1. The van der Waals surface area contributed by atoms with Crippen molar-refractivity contribution in [2.75, 3.05) is 6.61 Å². The second-order valence-electron chi connectivity index (χ2n) is 6.99. The highest BCUT2D eigenvalue weighted by atomic mass is 32.1. The minimum atomic E-state index is -0.381. The molecule has 0 aliphatic carbocycles. The van der Waals surface area contributed by atoms with Gasteiger partial charge in [-0.25, -0.2) is 0 Å². The van der Waals surface area contributed by atoms with Gasteiger partial charge >= 0.3 is 0 Å². The van der Waals surface area contributed by atoms with Gasteiger partial charge in [-0.15, -0.1) is 11.3 Å². The molecule has 4 heteroatoms. The minimum absolute atomic E-state index is 0.108. The highest BCUT2D eigenvalue weighted by Gasteiger charge is 2.28. The van der Waals surface area contributed by atoms with Crippen LogP contribution in [-0.2, 0) is 16.0 Å². The van der Waals surface area contributed by atoms with Crippen molar-refractivity contribution in [3.05, 3.63) is 70.1 Å². The summed E-state index contributed by atoms with van der Waals surface area (Å²) in [6.07, 6.45) is 0.946. The Morgan fingerprint density at radius 2 is 2.00 bits per heavy atom. The second kappa shape index (κ2) is 7.31. The smallest absolute Gasteiger partial charge is 0.138 e. The van der Waals surface area contributed by atoms with Gasteiger partial charge in [0.05, 0.1) is 18.8 Å². The van der Waals surface area contributed by atoms with Crippen molar-refractivity contribution in [1.29, 1.82) is 0 Å². The molecule has 134 valence electrons. The molecule has 1 saturated heterocycles. The van der Waals surface area contributed by atoms with Crippen LogP contribution >= 0.6 is 11.3 Å². The van der Waals surface area contributed by atoms with E-state index in [2.05, 4.69) is 49.4 Å². The number of Topliss-reactive ketones (excluding diaryl/α,β-unsaturated/α-hetero) is 1. The molecular weight excluding hydrogens is 344 g/mol. The van der Waals surface area contributed by atoms with Crippen molar-refractivity contribution in [3.8, 4) is 0 Å². The molecule has 26 heavy (non-hydrogen) atoms. The number of thiophene rings is 1. The zero-order chi connectivity index (χ0) is 18.1. The van der Waals surface area contributed by atoms with E-state index >= 15 is 0 Å². The Kier molecular flexibility index (Phi) is 4.90. The maximum absolute atomic E-state index is 12.0. The molecule has 1 N–H and O–H groups in total. The summed E-state index contributed by atoms with van der Waals surface area (Å²) in [4.78, 5) is 13.3. The Balaban J connectivity index is 1.60. The van der Waals surface area contributed by atoms with Crippen molar-refractivity contribution < 1.29 is 14.6 Å². The van der Waals surface area contributed by atoms with Crippen LogP contribution in [0.3, 0.4) is 0 Å². The molecule has 2 heterocycles. The lowest BCUT2D eigenvalue weighted by Crippen LogP contribution is -2.30. The lowest BCUT2D eigenvalue weighted by atomic mass is 9.94. The first-order valence-electron chi connectivity index (χ1n) is 8.97. The van der Waals surface area contributed by atoms with E-state index in [1.54, 1.807) is 0 Å². The highest BCUT2D eigenvalue weighted by Crippen LogP contribution is 2.32. The number of hydrogen-bond acceptors (Lipinski definition) is 4. The van der Waals surface area contributed by atoms with Gasteiger partial charge in [-0.2, -0.15) is 0 Å². The SMILES string of the molecule is Cc1ccc([C@H]2CC(=O)C[C@@H](CO)O2)cc1Cc1cc2ccccc2s1. The number of aryl methyl sites for hydroxylation is 1. The minimum Gasteiger partial charge on any atom is -0.394 e. The fourth-order valence-electron chi connectivity index (χ4n) is 3.57. The zero-order valence-electron chi connectivity index (χ0n) is 14.8. The van der Waals surface area contributed by atoms with Gasteiger partial charge in [-0.1, -0.05) is 36.4 Å². The van der Waals surface area contributed by atoms with Crippen molar-refractivity contribution >= 4 is 27.2 Å². The van der Waals surface area contributed by atoms with Gasteiger partial charge in [0.2, 0.25) is 0 Å². The summed E-state index contributed by atoms with van der Waals surface area (Å²) in [7, 11) is 0. The Labute approximate surface area is 157 Å². The largest absolute Gasteiger partial charge is 0.394 e. The fourth-order valence-corrected chi connectivity index (χ4v) is 4.66. The summed E-state index contributed by atoms with van der Waals surface area (Å²) in [5.74, 6) is 0.159. The van der Waals surface area contributed by atoms with Crippen LogP contribution in [-0.4, -0.2) is 23.6 Å². The molecule has 0 unspecified atom stereocenters. The Hall–Kier alpha value is -2.01. The van der Waals surface area contributed by atoms with Crippen molar-refractivity contribution in [2.24, 2.45) is 0 Å². The van der Waals surface area contributed by atoms with E-state index in [9.17, 15) is 9.90 Å². The van der Waals surface area contributed by atoms with Gasteiger partial charge < -0.3 is 9.84 Å². The molecule has 1 fully saturated rings. The Morgan fingerprint density at radius 1 is 1.15 bits per heavy atom. The molecule has 0 amide bonds. The lowest BCUT2D eigenvalue weighted by molar-refractivity contribution is -0.139. The van der Waals surface area contributed by atoms with Crippen LogP contribution in [0.5, 0.6) is 0 Å². The van der Waals surface area contributed by atoms with Gasteiger partial charge in [0, 0.05) is 28.8 Å². The highest BCUT2D eigenvalue weighted by molar-refractivity contribution is 7.19. The van der Waals surface area contributed by atoms with Gasteiger partial charge in [0.25, 0.3) is 0 Å². The van der Waals surface area contributed by atoms with Crippen LogP contribution in [0.25, 0.3) is 10.1 Å². The average Bonchev–Trinajstić information content (AvgIpc) is 3.05. The molecule has 1 aromatic heterocycles. The molecule has 3 nitrogen and oxygen atoms in total. The van der Waals surface area contributed by atoms with E-state index in [0.29, 0.717) is 12.8 Å². The van der Waals surface area contributed by atoms with Crippen LogP contribution in [0.4, 0.5) is 0 Å². The maximum atomic E-state index is 12.0. The number of aliphatic hydroxyl groups excluding tert-OH is 1. The van der Waals surface area contributed by atoms with Gasteiger partial charge in [0.1, 0.15) is 5.78 Å². The van der Waals surface area contributed by atoms with Crippen LogP contribution < -0.4 is 0 Å². The molecule has 2 atom stereocenters. The van der Waals surface area contributed by atoms with Crippen molar-refractivity contribution in [1.82, 2.24) is 0 Å². The van der Waals surface area contributed by atoms with Gasteiger partial charge in [-0.3, -0.25) is 4.79 Å². The predicted octanol–water partition coefficient (Wildman–Crippen LogP) is 4.58. The zero-order valence-corrected chi connectivity index (χ0v) is 15.6. The van der Waals surface area contributed by atoms with Crippen LogP contribution in [0, 0.1) is 6.92 Å². The van der Waals surface area contributed by atoms with E-state index in [1.165, 1.54) is 26.1 Å². The molecular formula is C22H22O3S. The molecule has 1 aliphatic heterocycles. The second-order valence-corrected chi connectivity index (χ2v) is 8.16. The fraction of sp³-hybridized carbons (Fsp3) is 0.318. The van der Waals surface area contributed by atoms with Crippen molar-refractivity contribution in [2.45, 2.75) is 38.4 Å². The number of aliphatic hydroxyl groups is 1. The molecule has 0 radical (unpaired) electrons. The first kappa shape index (κ1) is 17.4. The van der Waals surface area contributed by atoms with E-state index in [0.717, 1.165) is 12.0 Å². The molecule has 0 bridgehead atoms. The number of hydrogen-bond donors (Lipinski definition) is 1. The molecule has 0 spiro atoms. The van der Waals surface area contributed by atoms with Crippen LogP contribution in [0.1, 0.15) is 40.5 Å². The summed E-state index contributed by atoms with van der Waals surface area (Å²) in [6.45, 7) is 2.01. The van der Waals surface area contributed by atoms with E-state index < -0.39 is 0 Å². The number of rotatable bonds is 4. The van der Waals surface area contributed by atoms with E-state index in [4.69, 9.17) is 4.74 Å². The summed E-state index contributed by atoms with van der Waals surface area (Å²) in [5, 5.41) is 10.6. The maximum Gasteiger partial charge on any atom is 0.138 e. The average molecular weight is 366 g/mol. The summed E-state index contributed by atoms with van der Waals surface area (Å²) in [5.41, 5.74) is 3.53. The Morgan fingerprint density at radius 3 is 2.81 bits per heavy atom. The summed E-state index contributed by atoms with van der Waals surface area (Å²) < 4.78 is 7.23. The third-order valence-corrected chi connectivity index (χ3v) is 6.13. The predicted molar refractivity (Wildman–Crippen MR) is 105 cm³/mol. The van der Waals surface area contributed by atoms with Crippen LogP contribution in [0.15, 0.2) is 48.5 Å². The summed E-state index contributed by atoms with van der Waals surface area (Å²) in [6, 6.07) is 17.0. The standard InChI is InChI=1S/C22H22O3S/c1-14-6-7-15(21-12-18(24)11-19(13-23)25-21)8-17(14)10-20-9-16-4-2-3-5-22(16)26-20/h2-9,19,21,23H,10-13H2,1H3/t19-,21+/m0/s1. The number of ether oxygens (including phenoxy) is 1. The molecule has 0 saturated carbocycles. The van der Waals surface area contributed by atoms with Crippen molar-refractivity contribution in [3.63, 3.8) is 0 Å². The molecule has 3 aromatic rings. The third-order valence-electron chi connectivity index (χ3n) is 5.01. The van der Waals surface area contributed by atoms with Gasteiger partial charge in [-0.05, 0) is 41.1 Å². The van der Waals surface area contributed by atoms with E-state index in [1.807, 2.05) is 17.4 Å².